The van der Waals surface area contributed by atoms with Gasteiger partial charge in [-0.25, -0.2) is 4.79 Å². The fraction of sp³-hybridized carbons (Fsp3) is 0.632. The first-order valence-electron chi connectivity index (χ1n) is 8.65. The number of hydrogen-bond donors (Lipinski definition) is 1. The molecule has 24 heavy (non-hydrogen) atoms. The molecule has 0 aromatic heterocycles. The second-order valence-electron chi connectivity index (χ2n) is 7.52. The average Bonchev–Trinajstić information content (AvgIpc) is 2.52. The van der Waals surface area contributed by atoms with Crippen LogP contribution in [0.3, 0.4) is 0 Å². The van der Waals surface area contributed by atoms with Gasteiger partial charge in [-0.3, -0.25) is 0 Å². The van der Waals surface area contributed by atoms with E-state index in [1.54, 1.807) is 7.11 Å². The van der Waals surface area contributed by atoms with Gasteiger partial charge in [0.15, 0.2) is 0 Å². The molecule has 0 bridgehead atoms. The molecule has 134 valence electrons. The van der Waals surface area contributed by atoms with Gasteiger partial charge in [-0.2, -0.15) is 0 Å². The number of carbonyl (C=O) groups excluding carboxylic acids is 1. The van der Waals surface area contributed by atoms with Gasteiger partial charge in [-0.05, 0) is 64.2 Å². The van der Waals surface area contributed by atoms with Gasteiger partial charge in [0.25, 0.3) is 0 Å². The summed E-state index contributed by atoms with van der Waals surface area (Å²) in [6.45, 7) is 10.1. The third kappa shape index (κ3) is 5.32. The summed E-state index contributed by atoms with van der Waals surface area (Å²) in [6.07, 6.45) is 1.91. The lowest BCUT2D eigenvalue weighted by Gasteiger charge is -2.34. The monoisotopic (exact) mass is 334 g/mol. The fourth-order valence-corrected chi connectivity index (χ4v) is 2.94. The summed E-state index contributed by atoms with van der Waals surface area (Å²) in [5.41, 5.74) is 1.75. The molecular formula is C19H30N2O3. The number of piperidine rings is 1. The van der Waals surface area contributed by atoms with Crippen LogP contribution in [0.25, 0.3) is 0 Å². The molecule has 1 atom stereocenters. The van der Waals surface area contributed by atoms with Gasteiger partial charge in [0.1, 0.15) is 11.4 Å². The predicted octanol–water partition coefficient (Wildman–Crippen LogP) is 4.06. The molecule has 1 aromatic rings. The fourth-order valence-electron chi connectivity index (χ4n) is 2.94. The Bertz CT molecular complexity index is 566. The number of nitrogens with zero attached hydrogens (tertiary/aromatic N) is 1. The van der Waals surface area contributed by atoms with Crippen molar-refractivity contribution in [2.45, 2.75) is 46.1 Å². The topological polar surface area (TPSA) is 50.8 Å². The maximum absolute atomic E-state index is 12.2. The zero-order valence-corrected chi connectivity index (χ0v) is 15.5. The summed E-state index contributed by atoms with van der Waals surface area (Å²) in [4.78, 5) is 14.1. The molecule has 1 N–H and O–H groups in total. The molecule has 0 aliphatic carbocycles. The third-order valence-corrected chi connectivity index (χ3v) is 4.11. The molecule has 1 heterocycles. The van der Waals surface area contributed by atoms with E-state index in [0.29, 0.717) is 5.92 Å². The maximum atomic E-state index is 12.2. The van der Waals surface area contributed by atoms with Crippen LogP contribution < -0.4 is 10.1 Å². The van der Waals surface area contributed by atoms with Crippen LogP contribution in [0.15, 0.2) is 18.2 Å². The first kappa shape index (κ1) is 18.4. The number of carbonyl (C=O) groups is 1. The summed E-state index contributed by atoms with van der Waals surface area (Å²) in [5, 5.41) is 3.48. The van der Waals surface area contributed by atoms with Crippen molar-refractivity contribution in [2.24, 2.45) is 5.92 Å². The molecule has 1 unspecified atom stereocenters. The van der Waals surface area contributed by atoms with E-state index >= 15 is 0 Å². The quantitative estimate of drug-likeness (QED) is 0.902. The van der Waals surface area contributed by atoms with E-state index in [9.17, 15) is 4.79 Å². The highest BCUT2D eigenvalue weighted by Gasteiger charge is 2.27. The Labute approximate surface area is 145 Å². The zero-order chi connectivity index (χ0) is 17.7. The van der Waals surface area contributed by atoms with Crippen LogP contribution in [0.2, 0.25) is 0 Å². The summed E-state index contributed by atoms with van der Waals surface area (Å²) < 4.78 is 10.9. The lowest BCUT2D eigenvalue weighted by atomic mass is 9.98. The van der Waals surface area contributed by atoms with Crippen LogP contribution in [0.4, 0.5) is 10.5 Å². The highest BCUT2D eigenvalue weighted by molar-refractivity contribution is 5.68. The first-order valence-corrected chi connectivity index (χ1v) is 8.65. The minimum Gasteiger partial charge on any atom is -0.495 e. The third-order valence-electron chi connectivity index (χ3n) is 4.11. The molecule has 1 aliphatic rings. The Morgan fingerprint density at radius 1 is 1.38 bits per heavy atom. The average molecular weight is 334 g/mol. The number of ether oxygens (including phenoxy) is 2. The summed E-state index contributed by atoms with van der Waals surface area (Å²) in [6, 6.07) is 6.10. The first-order chi connectivity index (χ1) is 11.3. The Morgan fingerprint density at radius 3 is 2.79 bits per heavy atom. The second-order valence-corrected chi connectivity index (χ2v) is 7.52. The van der Waals surface area contributed by atoms with Crippen molar-refractivity contribution in [3.8, 4) is 5.75 Å². The van der Waals surface area contributed by atoms with E-state index < -0.39 is 5.60 Å². The number of rotatable bonds is 4. The highest BCUT2D eigenvalue weighted by Crippen LogP contribution is 2.26. The Morgan fingerprint density at radius 2 is 2.12 bits per heavy atom. The molecule has 1 amide bonds. The molecule has 1 saturated heterocycles. The molecule has 1 aromatic carbocycles. The van der Waals surface area contributed by atoms with Gasteiger partial charge in [0.2, 0.25) is 0 Å². The number of anilines is 1. The zero-order valence-electron chi connectivity index (χ0n) is 15.5. The second kappa shape index (κ2) is 7.77. The standard InChI is InChI=1S/C19H30N2O3/c1-14-8-9-17(23-5)16(11-14)20-12-15-7-6-10-21(13-15)18(22)24-19(2,3)4/h8-9,11,15,20H,6-7,10,12-13H2,1-5H3. The lowest BCUT2D eigenvalue weighted by molar-refractivity contribution is 0.0172. The van der Waals surface area contributed by atoms with Crippen molar-refractivity contribution < 1.29 is 14.3 Å². The Balaban J connectivity index is 1.92. The van der Waals surface area contributed by atoms with E-state index in [4.69, 9.17) is 9.47 Å². The number of aryl methyl sites for hydroxylation is 1. The van der Waals surface area contributed by atoms with Gasteiger partial charge in [-0.1, -0.05) is 6.07 Å². The largest absolute Gasteiger partial charge is 0.495 e. The van der Waals surface area contributed by atoms with Gasteiger partial charge in [0, 0.05) is 19.6 Å². The summed E-state index contributed by atoms with van der Waals surface area (Å²) in [7, 11) is 1.68. The van der Waals surface area contributed by atoms with Crippen molar-refractivity contribution in [1.82, 2.24) is 4.90 Å². The molecule has 2 rings (SSSR count). The van der Waals surface area contributed by atoms with E-state index in [1.165, 1.54) is 5.56 Å². The van der Waals surface area contributed by atoms with Crippen molar-refractivity contribution >= 4 is 11.8 Å². The minimum atomic E-state index is -0.447. The number of amides is 1. The number of benzene rings is 1. The molecule has 1 fully saturated rings. The maximum Gasteiger partial charge on any atom is 0.410 e. The molecule has 1 aliphatic heterocycles. The number of likely N-dealkylation sites (tertiary alicyclic amines) is 1. The molecule has 5 nitrogen and oxygen atoms in total. The van der Waals surface area contributed by atoms with Gasteiger partial charge in [0.05, 0.1) is 12.8 Å². The van der Waals surface area contributed by atoms with E-state index in [2.05, 4.69) is 18.3 Å². The van der Waals surface area contributed by atoms with Gasteiger partial charge in [-0.15, -0.1) is 0 Å². The Kier molecular flexibility index (Phi) is 5.97. The summed E-state index contributed by atoms with van der Waals surface area (Å²) in [5.74, 6) is 1.26. The van der Waals surface area contributed by atoms with Gasteiger partial charge >= 0.3 is 6.09 Å². The van der Waals surface area contributed by atoms with Gasteiger partial charge < -0.3 is 19.7 Å². The number of hydrogen-bond acceptors (Lipinski definition) is 4. The lowest BCUT2D eigenvalue weighted by Crippen LogP contribution is -2.44. The number of nitrogens with one attached hydrogen (secondary N) is 1. The van der Waals surface area contributed by atoms with E-state index in [-0.39, 0.29) is 6.09 Å². The Hall–Kier alpha value is -1.91. The normalized spacial score (nSPS) is 18.2. The SMILES string of the molecule is COc1ccc(C)cc1NCC1CCCN(C(=O)OC(C)(C)C)C1. The molecule has 0 radical (unpaired) electrons. The minimum absolute atomic E-state index is 0.208. The van der Waals surface area contributed by atoms with Crippen molar-refractivity contribution in [2.75, 3.05) is 32.1 Å². The number of methoxy groups -OCH3 is 1. The van der Waals surface area contributed by atoms with Crippen LogP contribution >= 0.6 is 0 Å². The van der Waals surface area contributed by atoms with Crippen LogP contribution in [0.1, 0.15) is 39.2 Å². The van der Waals surface area contributed by atoms with E-state index in [1.807, 2.05) is 37.8 Å². The van der Waals surface area contributed by atoms with Crippen LogP contribution in [0.5, 0.6) is 5.75 Å². The molecule has 0 spiro atoms. The van der Waals surface area contributed by atoms with Crippen molar-refractivity contribution in [1.29, 1.82) is 0 Å². The molecule has 0 saturated carbocycles. The van der Waals surface area contributed by atoms with Crippen molar-refractivity contribution in [3.05, 3.63) is 23.8 Å². The molecule has 5 heteroatoms. The van der Waals surface area contributed by atoms with E-state index in [0.717, 1.165) is 43.9 Å². The van der Waals surface area contributed by atoms with Crippen molar-refractivity contribution in [3.63, 3.8) is 0 Å². The highest BCUT2D eigenvalue weighted by atomic mass is 16.6. The smallest absolute Gasteiger partial charge is 0.410 e. The van der Waals surface area contributed by atoms with Crippen LogP contribution in [-0.2, 0) is 4.74 Å². The van der Waals surface area contributed by atoms with Crippen LogP contribution in [0, 0.1) is 12.8 Å². The summed E-state index contributed by atoms with van der Waals surface area (Å²) >= 11 is 0. The van der Waals surface area contributed by atoms with Crippen LogP contribution in [-0.4, -0.2) is 43.3 Å². The molecular weight excluding hydrogens is 304 g/mol. The predicted molar refractivity (Wildman–Crippen MR) is 96.8 cm³/mol.